The Labute approximate surface area is 138 Å². The molecule has 0 aromatic heterocycles. The van der Waals surface area contributed by atoms with E-state index in [9.17, 15) is 4.79 Å². The molecule has 1 aromatic rings. The summed E-state index contributed by atoms with van der Waals surface area (Å²) in [4.78, 5) is 14.3. The van der Waals surface area contributed by atoms with Crippen molar-refractivity contribution in [3.63, 3.8) is 0 Å². The molecule has 4 nitrogen and oxygen atoms in total. The van der Waals surface area contributed by atoms with E-state index in [-0.39, 0.29) is 11.9 Å². The molecular weight excluding hydrogens is 300 g/mol. The van der Waals surface area contributed by atoms with Crippen LogP contribution in [0, 0.1) is 5.92 Å². The Kier molecular flexibility index (Phi) is 7.69. The van der Waals surface area contributed by atoms with E-state index in [1.54, 1.807) is 30.1 Å². The molecule has 0 radical (unpaired) electrons. The molecule has 1 unspecified atom stereocenters. The Bertz CT molecular complexity index is 492. The first kappa shape index (κ1) is 18.8. The molecule has 0 saturated heterocycles. The first-order valence-corrected chi connectivity index (χ1v) is 8.18. The van der Waals surface area contributed by atoms with Gasteiger partial charge in [-0.05, 0) is 37.0 Å². The lowest BCUT2D eigenvalue weighted by molar-refractivity contribution is 0.0784. The molecule has 1 atom stereocenters. The van der Waals surface area contributed by atoms with Crippen LogP contribution in [0.25, 0.3) is 0 Å². The smallest absolute Gasteiger partial charge is 0.257 e. The third-order valence-electron chi connectivity index (χ3n) is 3.63. The zero-order valence-corrected chi connectivity index (χ0v) is 14.7. The summed E-state index contributed by atoms with van der Waals surface area (Å²) < 4.78 is 5.65. The van der Waals surface area contributed by atoms with Gasteiger partial charge in [0.15, 0.2) is 0 Å². The Morgan fingerprint density at radius 2 is 2.09 bits per heavy atom. The molecule has 5 heteroatoms. The lowest BCUT2D eigenvalue weighted by atomic mass is 10.0. The van der Waals surface area contributed by atoms with Crippen molar-refractivity contribution in [2.24, 2.45) is 11.7 Å². The Morgan fingerprint density at radius 1 is 1.41 bits per heavy atom. The van der Waals surface area contributed by atoms with Crippen molar-refractivity contribution in [2.75, 3.05) is 20.2 Å². The van der Waals surface area contributed by atoms with Crippen molar-refractivity contribution in [3.8, 4) is 5.75 Å². The molecule has 0 aliphatic heterocycles. The number of carbonyl (C=O) groups is 1. The first-order valence-electron chi connectivity index (χ1n) is 7.80. The number of carbonyl (C=O) groups excluding carboxylic acids is 1. The van der Waals surface area contributed by atoms with Crippen molar-refractivity contribution < 1.29 is 9.53 Å². The van der Waals surface area contributed by atoms with Crippen molar-refractivity contribution >= 4 is 17.5 Å². The summed E-state index contributed by atoms with van der Waals surface area (Å²) in [6, 6.07) is 5.23. The maximum absolute atomic E-state index is 12.6. The fourth-order valence-electron chi connectivity index (χ4n) is 1.99. The van der Waals surface area contributed by atoms with Crippen molar-refractivity contribution in [1.29, 1.82) is 0 Å². The summed E-state index contributed by atoms with van der Waals surface area (Å²) in [5.41, 5.74) is 6.54. The minimum absolute atomic E-state index is 0.0884. The average molecular weight is 327 g/mol. The highest BCUT2D eigenvalue weighted by Gasteiger charge is 2.18. The van der Waals surface area contributed by atoms with Gasteiger partial charge < -0.3 is 15.4 Å². The SMILES string of the molecule is CCCOc1ccc(Cl)cc1C(=O)N(C)CCC(N)C(C)C. The van der Waals surface area contributed by atoms with Crippen LogP contribution < -0.4 is 10.5 Å². The number of rotatable bonds is 8. The Morgan fingerprint density at radius 3 is 2.68 bits per heavy atom. The summed E-state index contributed by atoms with van der Waals surface area (Å²) in [6.45, 7) is 7.37. The second-order valence-corrected chi connectivity index (χ2v) is 6.35. The first-order chi connectivity index (χ1) is 10.4. The number of halogens is 1. The predicted octanol–water partition coefficient (Wildman–Crippen LogP) is 3.57. The van der Waals surface area contributed by atoms with Gasteiger partial charge in [-0.1, -0.05) is 32.4 Å². The molecule has 2 N–H and O–H groups in total. The maximum Gasteiger partial charge on any atom is 0.257 e. The van der Waals surface area contributed by atoms with E-state index < -0.39 is 0 Å². The summed E-state index contributed by atoms with van der Waals surface area (Å²) in [5, 5.41) is 0.527. The van der Waals surface area contributed by atoms with Gasteiger partial charge >= 0.3 is 0 Å². The van der Waals surface area contributed by atoms with E-state index in [1.165, 1.54) is 0 Å². The normalized spacial score (nSPS) is 12.3. The van der Waals surface area contributed by atoms with Crippen molar-refractivity contribution in [1.82, 2.24) is 4.90 Å². The molecule has 0 bridgehead atoms. The molecule has 1 aromatic carbocycles. The lowest BCUT2D eigenvalue weighted by Crippen LogP contribution is -2.34. The van der Waals surface area contributed by atoms with Gasteiger partial charge in [-0.15, -0.1) is 0 Å². The predicted molar refractivity (Wildman–Crippen MR) is 91.6 cm³/mol. The molecular formula is C17H27ClN2O2. The monoisotopic (exact) mass is 326 g/mol. The molecule has 0 heterocycles. The zero-order chi connectivity index (χ0) is 16.7. The van der Waals surface area contributed by atoms with Gasteiger partial charge in [0, 0.05) is 24.7 Å². The molecule has 1 rings (SSSR count). The van der Waals surface area contributed by atoms with E-state index in [1.807, 2.05) is 6.92 Å². The standard InChI is InChI=1S/C17H27ClN2O2/c1-5-10-22-16-7-6-13(18)11-14(16)17(21)20(4)9-8-15(19)12(2)3/h6-7,11-12,15H,5,8-10,19H2,1-4H3. The van der Waals surface area contributed by atoms with Gasteiger partial charge in [-0.3, -0.25) is 4.79 Å². The minimum Gasteiger partial charge on any atom is -0.493 e. The van der Waals surface area contributed by atoms with Gasteiger partial charge in [0.2, 0.25) is 0 Å². The molecule has 22 heavy (non-hydrogen) atoms. The lowest BCUT2D eigenvalue weighted by Gasteiger charge is -2.22. The highest BCUT2D eigenvalue weighted by atomic mass is 35.5. The molecule has 0 aliphatic carbocycles. The van der Waals surface area contributed by atoms with Crippen LogP contribution in [-0.2, 0) is 0 Å². The largest absolute Gasteiger partial charge is 0.493 e. The number of benzene rings is 1. The topological polar surface area (TPSA) is 55.6 Å². The fourth-order valence-corrected chi connectivity index (χ4v) is 2.16. The number of hydrogen-bond acceptors (Lipinski definition) is 3. The third-order valence-corrected chi connectivity index (χ3v) is 3.87. The van der Waals surface area contributed by atoms with Crippen LogP contribution in [0.3, 0.4) is 0 Å². The van der Waals surface area contributed by atoms with Crippen LogP contribution in [0.2, 0.25) is 5.02 Å². The number of nitrogens with two attached hydrogens (primary N) is 1. The fraction of sp³-hybridized carbons (Fsp3) is 0.588. The number of amides is 1. The molecule has 0 spiro atoms. The van der Waals surface area contributed by atoms with Crippen LogP contribution in [-0.4, -0.2) is 37.0 Å². The average Bonchev–Trinajstić information content (AvgIpc) is 2.49. The second-order valence-electron chi connectivity index (χ2n) is 5.91. The van der Waals surface area contributed by atoms with Crippen LogP contribution in [0.1, 0.15) is 44.0 Å². The number of nitrogens with zero attached hydrogens (tertiary/aromatic N) is 1. The van der Waals surface area contributed by atoms with Crippen molar-refractivity contribution in [2.45, 2.75) is 39.7 Å². The summed E-state index contributed by atoms with van der Waals surface area (Å²) in [5.74, 6) is 0.888. The molecule has 1 amide bonds. The zero-order valence-electron chi connectivity index (χ0n) is 13.9. The summed E-state index contributed by atoms with van der Waals surface area (Å²) in [7, 11) is 1.78. The molecule has 0 fully saturated rings. The van der Waals surface area contributed by atoms with E-state index in [0.29, 0.717) is 35.4 Å². The Hall–Kier alpha value is -1.26. The van der Waals surface area contributed by atoms with Crippen LogP contribution in [0.5, 0.6) is 5.75 Å². The molecule has 124 valence electrons. The molecule has 0 aliphatic rings. The number of ether oxygens (including phenoxy) is 1. The van der Waals surface area contributed by atoms with Crippen LogP contribution >= 0.6 is 11.6 Å². The minimum atomic E-state index is -0.0930. The van der Waals surface area contributed by atoms with Gasteiger partial charge in [-0.2, -0.15) is 0 Å². The summed E-state index contributed by atoms with van der Waals surface area (Å²) >= 11 is 6.02. The number of hydrogen-bond donors (Lipinski definition) is 1. The van der Waals surface area contributed by atoms with Crippen LogP contribution in [0.4, 0.5) is 0 Å². The van der Waals surface area contributed by atoms with E-state index in [0.717, 1.165) is 12.8 Å². The quantitative estimate of drug-likeness (QED) is 0.794. The van der Waals surface area contributed by atoms with Crippen LogP contribution in [0.15, 0.2) is 18.2 Å². The van der Waals surface area contributed by atoms with Crippen molar-refractivity contribution in [3.05, 3.63) is 28.8 Å². The van der Waals surface area contributed by atoms with E-state index >= 15 is 0 Å². The third kappa shape index (κ3) is 5.50. The van der Waals surface area contributed by atoms with Gasteiger partial charge in [0.1, 0.15) is 5.75 Å². The Balaban J connectivity index is 2.80. The van der Waals surface area contributed by atoms with Gasteiger partial charge in [-0.25, -0.2) is 0 Å². The second kappa shape index (κ2) is 9.01. The molecule has 0 saturated carbocycles. The maximum atomic E-state index is 12.6. The highest BCUT2D eigenvalue weighted by Crippen LogP contribution is 2.24. The van der Waals surface area contributed by atoms with Gasteiger partial charge in [0.05, 0.1) is 12.2 Å². The van der Waals surface area contributed by atoms with E-state index in [4.69, 9.17) is 22.1 Å². The van der Waals surface area contributed by atoms with E-state index in [2.05, 4.69) is 13.8 Å². The van der Waals surface area contributed by atoms with Gasteiger partial charge in [0.25, 0.3) is 5.91 Å². The summed E-state index contributed by atoms with van der Waals surface area (Å²) in [6.07, 6.45) is 1.65. The highest BCUT2D eigenvalue weighted by molar-refractivity contribution is 6.31.